The van der Waals surface area contributed by atoms with E-state index in [-0.39, 0.29) is 24.4 Å². The Balaban J connectivity index is 1.42. The summed E-state index contributed by atoms with van der Waals surface area (Å²) in [5.74, 6) is 1.44. The van der Waals surface area contributed by atoms with Gasteiger partial charge in [0.15, 0.2) is 5.11 Å². The van der Waals surface area contributed by atoms with Gasteiger partial charge in [0, 0.05) is 34.9 Å². The molecule has 2 atom stereocenters. The molecule has 0 bridgehead atoms. The molecule has 0 saturated carbocycles. The fourth-order valence-electron chi connectivity index (χ4n) is 4.40. The predicted molar refractivity (Wildman–Crippen MR) is 148 cm³/mol. The minimum absolute atomic E-state index is 0.0762. The minimum atomic E-state index is -0.255. The van der Waals surface area contributed by atoms with Gasteiger partial charge in [-0.2, -0.15) is 0 Å². The predicted octanol–water partition coefficient (Wildman–Crippen LogP) is 6.41. The number of para-hydroxylation sites is 1. The van der Waals surface area contributed by atoms with Crippen molar-refractivity contribution in [2.45, 2.75) is 25.4 Å². The highest BCUT2D eigenvalue weighted by atomic mass is 79.9. The summed E-state index contributed by atoms with van der Waals surface area (Å²) in [6, 6.07) is 24.9. The maximum absolute atomic E-state index is 12.7. The number of thiocarbonyl (C=S) groups is 1. The highest BCUT2D eigenvalue weighted by Gasteiger charge is 2.41. The Morgan fingerprint density at radius 3 is 2.67 bits per heavy atom. The first-order chi connectivity index (χ1) is 17.5. The van der Waals surface area contributed by atoms with Gasteiger partial charge in [-0.25, -0.2) is 0 Å². The van der Waals surface area contributed by atoms with E-state index >= 15 is 0 Å². The lowest BCUT2D eigenvalue weighted by Crippen LogP contribution is -2.32. The van der Waals surface area contributed by atoms with Crippen molar-refractivity contribution in [1.29, 1.82) is 0 Å². The van der Waals surface area contributed by atoms with Crippen LogP contribution >= 0.6 is 28.1 Å². The van der Waals surface area contributed by atoms with Crippen LogP contribution in [0.1, 0.15) is 35.5 Å². The van der Waals surface area contributed by atoms with E-state index in [1.807, 2.05) is 71.6 Å². The fourth-order valence-corrected chi connectivity index (χ4v) is 5.42. The summed E-state index contributed by atoms with van der Waals surface area (Å²) in [7, 11) is 0. The lowest BCUT2D eigenvalue weighted by Gasteiger charge is -2.25. The number of amides is 1. The molecular weight excluding hydrogens is 536 g/mol. The Morgan fingerprint density at radius 1 is 1.11 bits per heavy atom. The van der Waals surface area contributed by atoms with Crippen molar-refractivity contribution in [2.75, 3.05) is 11.9 Å². The molecule has 0 spiro atoms. The summed E-state index contributed by atoms with van der Waals surface area (Å²) in [6.07, 6.45) is 2.04. The lowest BCUT2D eigenvalue weighted by molar-refractivity contribution is -0.116. The van der Waals surface area contributed by atoms with Crippen LogP contribution in [-0.2, 0) is 4.79 Å². The number of benzene rings is 2. The van der Waals surface area contributed by atoms with Gasteiger partial charge in [0.05, 0.1) is 11.7 Å². The number of carbonyl (C=O) groups is 1. The third-order valence-electron chi connectivity index (χ3n) is 6.14. The first-order valence-electron chi connectivity index (χ1n) is 11.7. The first-order valence-corrected chi connectivity index (χ1v) is 12.9. The molecule has 5 rings (SSSR count). The summed E-state index contributed by atoms with van der Waals surface area (Å²) in [5, 5.41) is 6.92. The number of carbonyl (C=O) groups excluding carboxylic acids is 1. The SMILES string of the molecule is Cc1ccc(-c2ccc([C@@H]3[C@@H](c4ccccn4)NC(=S)N3CCC(=O)Nc3ccccc3)o2)c(Br)c1. The maximum Gasteiger partial charge on any atom is 0.226 e. The number of aryl methyl sites for hydroxylation is 1. The number of halogens is 1. The van der Waals surface area contributed by atoms with Crippen molar-refractivity contribution in [1.82, 2.24) is 15.2 Å². The number of aromatic nitrogens is 1. The summed E-state index contributed by atoms with van der Waals surface area (Å²) in [5.41, 5.74) is 3.77. The van der Waals surface area contributed by atoms with E-state index < -0.39 is 0 Å². The number of anilines is 1. The summed E-state index contributed by atoms with van der Waals surface area (Å²) in [6.45, 7) is 2.49. The highest BCUT2D eigenvalue weighted by molar-refractivity contribution is 9.10. The molecule has 2 aromatic carbocycles. The quantitative estimate of drug-likeness (QED) is 0.254. The summed E-state index contributed by atoms with van der Waals surface area (Å²) < 4.78 is 7.38. The highest BCUT2D eigenvalue weighted by Crippen LogP contribution is 2.41. The molecule has 0 aliphatic carbocycles. The van der Waals surface area contributed by atoms with Gasteiger partial charge in [-0.15, -0.1) is 0 Å². The zero-order valence-corrected chi connectivity index (χ0v) is 22.1. The molecule has 0 unspecified atom stereocenters. The average Bonchev–Trinajstić information content (AvgIpc) is 3.48. The minimum Gasteiger partial charge on any atom is -0.459 e. The molecule has 2 N–H and O–H groups in total. The zero-order valence-electron chi connectivity index (χ0n) is 19.6. The molecule has 2 aromatic heterocycles. The Bertz CT molecular complexity index is 1380. The molecular formula is C28H25BrN4O2S. The number of hydrogen-bond acceptors (Lipinski definition) is 4. The maximum atomic E-state index is 12.7. The second-order valence-corrected chi connectivity index (χ2v) is 9.91. The van der Waals surface area contributed by atoms with Gasteiger partial charge < -0.3 is 20.0 Å². The van der Waals surface area contributed by atoms with Crippen LogP contribution in [0.4, 0.5) is 5.69 Å². The van der Waals surface area contributed by atoms with Crippen LogP contribution in [0.25, 0.3) is 11.3 Å². The Morgan fingerprint density at radius 2 is 1.92 bits per heavy atom. The Labute approximate surface area is 223 Å². The van der Waals surface area contributed by atoms with Gasteiger partial charge >= 0.3 is 0 Å². The van der Waals surface area contributed by atoms with Crippen LogP contribution in [0.2, 0.25) is 0 Å². The summed E-state index contributed by atoms with van der Waals surface area (Å²) >= 11 is 9.37. The number of rotatable bonds is 7. The van der Waals surface area contributed by atoms with Crippen molar-refractivity contribution in [3.63, 3.8) is 0 Å². The van der Waals surface area contributed by atoms with Gasteiger partial charge in [0.2, 0.25) is 5.91 Å². The zero-order chi connectivity index (χ0) is 25.1. The van der Waals surface area contributed by atoms with Crippen molar-refractivity contribution in [3.8, 4) is 11.3 Å². The number of hydrogen-bond donors (Lipinski definition) is 2. The third-order valence-corrected chi connectivity index (χ3v) is 7.15. The second kappa shape index (κ2) is 10.6. The van der Waals surface area contributed by atoms with Crippen LogP contribution in [0.5, 0.6) is 0 Å². The van der Waals surface area contributed by atoms with Crippen LogP contribution in [0.15, 0.2) is 93.9 Å². The van der Waals surface area contributed by atoms with Gasteiger partial charge in [-0.3, -0.25) is 9.78 Å². The Hall–Kier alpha value is -3.49. The molecule has 8 heteroatoms. The van der Waals surface area contributed by atoms with E-state index in [1.54, 1.807) is 6.20 Å². The van der Waals surface area contributed by atoms with E-state index in [2.05, 4.69) is 50.6 Å². The van der Waals surface area contributed by atoms with Gasteiger partial charge in [-0.1, -0.05) is 46.3 Å². The standard InChI is InChI=1S/C28H25BrN4O2S/c1-18-10-11-20(21(29)17-18)23-12-13-24(35-23)27-26(22-9-5-6-15-30-22)32-28(36)33(27)16-14-25(34)31-19-7-3-2-4-8-19/h2-13,15,17,26-27H,14,16H2,1H3,(H,31,34)(H,32,36)/t26-,27-/m1/s1. The molecule has 1 fully saturated rings. The van der Waals surface area contributed by atoms with Crippen molar-refractivity contribution in [2.24, 2.45) is 0 Å². The molecule has 36 heavy (non-hydrogen) atoms. The fraction of sp³-hybridized carbons (Fsp3) is 0.179. The smallest absolute Gasteiger partial charge is 0.226 e. The van der Waals surface area contributed by atoms with E-state index in [9.17, 15) is 4.79 Å². The molecule has 3 heterocycles. The molecule has 6 nitrogen and oxygen atoms in total. The third kappa shape index (κ3) is 5.20. The van der Waals surface area contributed by atoms with Crippen molar-refractivity contribution >= 4 is 44.9 Å². The topological polar surface area (TPSA) is 70.4 Å². The Kier molecular flexibility index (Phi) is 7.16. The van der Waals surface area contributed by atoms with Crippen LogP contribution in [0.3, 0.4) is 0 Å². The van der Waals surface area contributed by atoms with Crippen molar-refractivity contribution in [3.05, 3.63) is 107 Å². The van der Waals surface area contributed by atoms with Crippen LogP contribution in [0, 0.1) is 6.92 Å². The van der Waals surface area contributed by atoms with E-state index in [4.69, 9.17) is 16.6 Å². The van der Waals surface area contributed by atoms with Crippen molar-refractivity contribution < 1.29 is 9.21 Å². The number of nitrogens with one attached hydrogen (secondary N) is 2. The van der Waals surface area contributed by atoms with E-state index in [1.165, 1.54) is 0 Å². The summed E-state index contributed by atoms with van der Waals surface area (Å²) in [4.78, 5) is 19.3. The second-order valence-electron chi connectivity index (χ2n) is 8.67. The molecule has 1 amide bonds. The number of pyridine rings is 1. The number of nitrogens with zero attached hydrogens (tertiary/aromatic N) is 2. The van der Waals surface area contributed by atoms with Gasteiger partial charge in [0.25, 0.3) is 0 Å². The molecule has 182 valence electrons. The van der Waals surface area contributed by atoms with Gasteiger partial charge in [0.1, 0.15) is 17.6 Å². The normalized spacial score (nSPS) is 17.2. The average molecular weight is 562 g/mol. The van der Waals surface area contributed by atoms with Crippen LogP contribution < -0.4 is 10.6 Å². The lowest BCUT2D eigenvalue weighted by atomic mass is 10.0. The largest absolute Gasteiger partial charge is 0.459 e. The molecule has 1 aliphatic heterocycles. The molecule has 4 aromatic rings. The van der Waals surface area contributed by atoms with Gasteiger partial charge in [-0.05, 0) is 73.2 Å². The molecule has 1 aliphatic rings. The number of furan rings is 1. The van der Waals surface area contributed by atoms with E-state index in [0.29, 0.717) is 11.7 Å². The van der Waals surface area contributed by atoms with E-state index in [0.717, 1.165) is 38.5 Å². The first kappa shape index (κ1) is 24.2. The molecule has 0 radical (unpaired) electrons. The monoisotopic (exact) mass is 560 g/mol. The molecule has 1 saturated heterocycles. The van der Waals surface area contributed by atoms with Crippen LogP contribution in [-0.4, -0.2) is 27.4 Å².